The van der Waals surface area contributed by atoms with Gasteiger partial charge in [0.1, 0.15) is 0 Å². The third-order valence-electron chi connectivity index (χ3n) is 3.25. The normalized spacial score (nSPS) is 12.5. The number of ether oxygens (including phenoxy) is 1. The molecule has 0 saturated heterocycles. The Morgan fingerprint density at radius 1 is 1.11 bits per heavy atom. The molecule has 0 aliphatic rings. The zero-order valence-electron chi connectivity index (χ0n) is 12.5. The summed E-state index contributed by atoms with van der Waals surface area (Å²) in [6.07, 6.45) is 6.20. The Kier molecular flexibility index (Phi) is 9.38. The molecule has 1 aromatic rings. The van der Waals surface area contributed by atoms with Crippen LogP contribution in [0.4, 0.5) is 0 Å². The summed E-state index contributed by atoms with van der Waals surface area (Å²) in [7, 11) is 0. The van der Waals surface area contributed by atoms with Crippen LogP contribution in [-0.2, 0) is 11.2 Å². The predicted molar refractivity (Wildman–Crippen MR) is 82.6 cm³/mol. The lowest BCUT2D eigenvalue weighted by Crippen LogP contribution is -2.18. The molecular formula is C17H29NO. The van der Waals surface area contributed by atoms with Crippen LogP contribution >= 0.6 is 0 Å². The van der Waals surface area contributed by atoms with Gasteiger partial charge in [0.2, 0.25) is 0 Å². The van der Waals surface area contributed by atoms with Gasteiger partial charge in [0.25, 0.3) is 0 Å². The first-order chi connectivity index (χ1) is 9.33. The summed E-state index contributed by atoms with van der Waals surface area (Å²) in [6.45, 7) is 7.50. The first kappa shape index (κ1) is 16.2. The SMILES string of the molecule is CCCNCCCC(C)OCCCc1ccccc1. The van der Waals surface area contributed by atoms with Crippen molar-refractivity contribution in [2.75, 3.05) is 19.7 Å². The lowest BCUT2D eigenvalue weighted by Gasteiger charge is -2.13. The Morgan fingerprint density at radius 3 is 2.63 bits per heavy atom. The molecule has 2 heteroatoms. The molecule has 1 rings (SSSR count). The fourth-order valence-electron chi connectivity index (χ4n) is 2.11. The first-order valence-electron chi connectivity index (χ1n) is 7.69. The zero-order chi connectivity index (χ0) is 13.8. The van der Waals surface area contributed by atoms with E-state index in [4.69, 9.17) is 4.74 Å². The maximum atomic E-state index is 5.84. The second-order valence-corrected chi connectivity index (χ2v) is 5.16. The lowest BCUT2D eigenvalue weighted by molar-refractivity contribution is 0.0575. The van der Waals surface area contributed by atoms with Crippen molar-refractivity contribution in [3.8, 4) is 0 Å². The largest absolute Gasteiger partial charge is 0.378 e. The average molecular weight is 263 g/mol. The van der Waals surface area contributed by atoms with Crippen molar-refractivity contribution >= 4 is 0 Å². The molecule has 0 heterocycles. The van der Waals surface area contributed by atoms with Gasteiger partial charge >= 0.3 is 0 Å². The molecule has 1 unspecified atom stereocenters. The topological polar surface area (TPSA) is 21.3 Å². The summed E-state index contributed by atoms with van der Waals surface area (Å²) in [4.78, 5) is 0. The number of hydrogen-bond donors (Lipinski definition) is 1. The zero-order valence-corrected chi connectivity index (χ0v) is 12.5. The summed E-state index contributed by atoms with van der Waals surface area (Å²) in [6, 6.07) is 10.6. The summed E-state index contributed by atoms with van der Waals surface area (Å²) < 4.78 is 5.84. The highest BCUT2D eigenvalue weighted by molar-refractivity contribution is 5.14. The summed E-state index contributed by atoms with van der Waals surface area (Å²) in [5.74, 6) is 0. The number of nitrogens with one attached hydrogen (secondary N) is 1. The van der Waals surface area contributed by atoms with E-state index in [9.17, 15) is 0 Å². The molecule has 0 aliphatic carbocycles. The van der Waals surface area contributed by atoms with Crippen LogP contribution in [0.15, 0.2) is 30.3 Å². The van der Waals surface area contributed by atoms with E-state index in [1.165, 1.54) is 18.4 Å². The van der Waals surface area contributed by atoms with Gasteiger partial charge in [-0.1, -0.05) is 37.3 Å². The molecule has 2 nitrogen and oxygen atoms in total. The van der Waals surface area contributed by atoms with Gasteiger partial charge in [-0.3, -0.25) is 0 Å². The monoisotopic (exact) mass is 263 g/mol. The van der Waals surface area contributed by atoms with E-state index in [0.29, 0.717) is 6.10 Å². The van der Waals surface area contributed by atoms with Gasteiger partial charge < -0.3 is 10.1 Å². The van der Waals surface area contributed by atoms with E-state index in [1.54, 1.807) is 0 Å². The van der Waals surface area contributed by atoms with Crippen LogP contribution in [0.1, 0.15) is 45.1 Å². The molecule has 0 amide bonds. The maximum absolute atomic E-state index is 5.84. The highest BCUT2D eigenvalue weighted by Crippen LogP contribution is 2.05. The molecule has 0 bridgehead atoms. The van der Waals surface area contributed by atoms with Crippen LogP contribution in [0, 0.1) is 0 Å². The molecule has 0 aromatic heterocycles. The van der Waals surface area contributed by atoms with Gasteiger partial charge in [0, 0.05) is 6.61 Å². The van der Waals surface area contributed by atoms with Crippen LogP contribution < -0.4 is 5.32 Å². The molecule has 1 aromatic carbocycles. The molecule has 19 heavy (non-hydrogen) atoms. The van der Waals surface area contributed by atoms with Crippen molar-refractivity contribution in [3.63, 3.8) is 0 Å². The standard InChI is InChI=1S/C17H29NO/c1-3-13-18-14-7-9-16(2)19-15-8-12-17-10-5-4-6-11-17/h4-6,10-11,16,18H,3,7-9,12-15H2,1-2H3. The van der Waals surface area contributed by atoms with Gasteiger partial charge in [-0.15, -0.1) is 0 Å². The lowest BCUT2D eigenvalue weighted by atomic mass is 10.1. The summed E-state index contributed by atoms with van der Waals surface area (Å²) in [5.41, 5.74) is 1.41. The van der Waals surface area contributed by atoms with Crippen LogP contribution in [0.25, 0.3) is 0 Å². The van der Waals surface area contributed by atoms with E-state index >= 15 is 0 Å². The van der Waals surface area contributed by atoms with Crippen LogP contribution in [0.3, 0.4) is 0 Å². The van der Waals surface area contributed by atoms with Crippen molar-refractivity contribution in [3.05, 3.63) is 35.9 Å². The highest BCUT2D eigenvalue weighted by atomic mass is 16.5. The third kappa shape index (κ3) is 8.79. The smallest absolute Gasteiger partial charge is 0.0547 e. The Morgan fingerprint density at radius 2 is 1.89 bits per heavy atom. The molecule has 1 N–H and O–H groups in total. The Balaban J connectivity index is 1.94. The second kappa shape index (κ2) is 11.0. The quantitative estimate of drug-likeness (QED) is 0.613. The van der Waals surface area contributed by atoms with Crippen molar-refractivity contribution in [1.29, 1.82) is 0 Å². The van der Waals surface area contributed by atoms with Gasteiger partial charge in [-0.25, -0.2) is 0 Å². The first-order valence-corrected chi connectivity index (χ1v) is 7.69. The van der Waals surface area contributed by atoms with E-state index < -0.39 is 0 Å². The Hall–Kier alpha value is -0.860. The van der Waals surface area contributed by atoms with E-state index in [0.717, 1.165) is 39.0 Å². The van der Waals surface area contributed by atoms with Crippen molar-refractivity contribution < 1.29 is 4.74 Å². The maximum Gasteiger partial charge on any atom is 0.0547 e. The number of benzene rings is 1. The summed E-state index contributed by atoms with van der Waals surface area (Å²) in [5, 5.41) is 3.42. The van der Waals surface area contributed by atoms with E-state index in [2.05, 4.69) is 49.5 Å². The Labute approximate surface area is 118 Å². The van der Waals surface area contributed by atoms with E-state index in [1.807, 2.05) is 0 Å². The van der Waals surface area contributed by atoms with Crippen LogP contribution in [-0.4, -0.2) is 25.8 Å². The predicted octanol–water partition coefficient (Wildman–Crippen LogP) is 3.80. The molecule has 0 spiro atoms. The minimum absolute atomic E-state index is 0.388. The van der Waals surface area contributed by atoms with Crippen LogP contribution in [0.2, 0.25) is 0 Å². The fourth-order valence-corrected chi connectivity index (χ4v) is 2.11. The van der Waals surface area contributed by atoms with Gasteiger partial charge in [0.15, 0.2) is 0 Å². The number of rotatable bonds is 11. The van der Waals surface area contributed by atoms with Gasteiger partial charge in [0.05, 0.1) is 6.10 Å². The molecule has 1 atom stereocenters. The molecule has 0 saturated carbocycles. The fraction of sp³-hybridized carbons (Fsp3) is 0.647. The van der Waals surface area contributed by atoms with Crippen LogP contribution in [0.5, 0.6) is 0 Å². The van der Waals surface area contributed by atoms with Crippen molar-refractivity contribution in [1.82, 2.24) is 5.32 Å². The number of aryl methyl sites for hydroxylation is 1. The molecule has 0 radical (unpaired) electrons. The minimum atomic E-state index is 0.388. The minimum Gasteiger partial charge on any atom is -0.378 e. The van der Waals surface area contributed by atoms with Crippen molar-refractivity contribution in [2.45, 2.75) is 52.1 Å². The average Bonchev–Trinajstić information content (AvgIpc) is 2.44. The van der Waals surface area contributed by atoms with Gasteiger partial charge in [-0.05, 0) is 57.7 Å². The molecule has 0 fully saturated rings. The third-order valence-corrected chi connectivity index (χ3v) is 3.25. The van der Waals surface area contributed by atoms with E-state index in [-0.39, 0.29) is 0 Å². The second-order valence-electron chi connectivity index (χ2n) is 5.16. The van der Waals surface area contributed by atoms with Gasteiger partial charge in [-0.2, -0.15) is 0 Å². The molecular weight excluding hydrogens is 234 g/mol. The van der Waals surface area contributed by atoms with Crippen molar-refractivity contribution in [2.24, 2.45) is 0 Å². The molecule has 108 valence electrons. The molecule has 0 aliphatic heterocycles. The highest BCUT2D eigenvalue weighted by Gasteiger charge is 2.01. The number of hydrogen-bond acceptors (Lipinski definition) is 2. The summed E-state index contributed by atoms with van der Waals surface area (Å²) >= 11 is 0. The Bertz CT molecular complexity index is 299.